The lowest BCUT2D eigenvalue weighted by Gasteiger charge is -2.05. The van der Waals surface area contributed by atoms with E-state index in [2.05, 4.69) is 10.6 Å². The maximum Gasteiger partial charge on any atom is 0.251 e. The molecule has 22 heavy (non-hydrogen) atoms. The van der Waals surface area contributed by atoms with Crippen molar-refractivity contribution in [1.29, 1.82) is 0 Å². The molecule has 0 saturated heterocycles. The molecule has 0 bridgehead atoms. The highest BCUT2D eigenvalue weighted by Crippen LogP contribution is 2.10. The van der Waals surface area contributed by atoms with E-state index >= 15 is 0 Å². The Morgan fingerprint density at radius 1 is 1.09 bits per heavy atom. The van der Waals surface area contributed by atoms with Crippen molar-refractivity contribution in [2.75, 3.05) is 13.1 Å². The fourth-order valence-electron chi connectivity index (χ4n) is 1.67. The van der Waals surface area contributed by atoms with Crippen LogP contribution in [0.3, 0.4) is 0 Å². The molecule has 2 rings (SSSR count). The number of hydrogen-bond donors (Lipinski definition) is 2. The number of carbonyl (C=O) groups excluding carboxylic acids is 2. The lowest BCUT2D eigenvalue weighted by atomic mass is 10.2. The predicted molar refractivity (Wildman–Crippen MR) is 90.1 cm³/mol. The molecule has 0 unspecified atom stereocenters. The molecule has 2 N–H and O–H groups in total. The fraction of sp³-hybridized carbons (Fsp3) is 0.125. The summed E-state index contributed by atoms with van der Waals surface area (Å²) in [5.41, 5.74) is 0.535. The average Bonchev–Trinajstić information content (AvgIpc) is 3.03. The van der Waals surface area contributed by atoms with Crippen molar-refractivity contribution in [3.63, 3.8) is 0 Å². The van der Waals surface area contributed by atoms with Crippen LogP contribution in [-0.2, 0) is 4.79 Å². The summed E-state index contributed by atoms with van der Waals surface area (Å²) in [7, 11) is 0. The second kappa shape index (κ2) is 8.36. The molecule has 4 nitrogen and oxygen atoms in total. The zero-order valence-corrected chi connectivity index (χ0v) is 13.3. The topological polar surface area (TPSA) is 58.2 Å². The van der Waals surface area contributed by atoms with E-state index in [4.69, 9.17) is 11.6 Å². The van der Waals surface area contributed by atoms with E-state index in [0.29, 0.717) is 23.7 Å². The molecule has 2 aromatic rings. The van der Waals surface area contributed by atoms with Crippen LogP contribution in [0.1, 0.15) is 15.2 Å². The monoisotopic (exact) mass is 334 g/mol. The quantitative estimate of drug-likeness (QED) is 0.630. The molecule has 114 valence electrons. The Balaban J connectivity index is 1.67. The third kappa shape index (κ3) is 5.35. The van der Waals surface area contributed by atoms with Crippen LogP contribution >= 0.6 is 22.9 Å². The summed E-state index contributed by atoms with van der Waals surface area (Å²) in [4.78, 5) is 24.4. The van der Waals surface area contributed by atoms with Gasteiger partial charge in [0.2, 0.25) is 5.91 Å². The minimum atomic E-state index is -0.194. The minimum Gasteiger partial charge on any atom is -0.351 e. The summed E-state index contributed by atoms with van der Waals surface area (Å²) < 4.78 is 0. The van der Waals surface area contributed by atoms with Crippen molar-refractivity contribution in [1.82, 2.24) is 10.6 Å². The van der Waals surface area contributed by atoms with Crippen LogP contribution in [0.15, 0.2) is 47.9 Å². The Hall–Kier alpha value is -2.11. The van der Waals surface area contributed by atoms with Crippen molar-refractivity contribution in [2.45, 2.75) is 0 Å². The van der Waals surface area contributed by atoms with Gasteiger partial charge in [-0.15, -0.1) is 11.3 Å². The number of amides is 2. The van der Waals surface area contributed by atoms with Gasteiger partial charge in [-0.05, 0) is 41.8 Å². The van der Waals surface area contributed by atoms with Gasteiger partial charge in [0, 0.05) is 34.6 Å². The first-order chi connectivity index (χ1) is 10.6. The maximum absolute atomic E-state index is 11.8. The summed E-state index contributed by atoms with van der Waals surface area (Å²) in [5.74, 6) is -0.380. The number of thiophene rings is 1. The van der Waals surface area contributed by atoms with Gasteiger partial charge in [-0.3, -0.25) is 9.59 Å². The summed E-state index contributed by atoms with van der Waals surface area (Å²) in [6, 6.07) is 10.5. The minimum absolute atomic E-state index is 0.186. The van der Waals surface area contributed by atoms with Crippen LogP contribution in [0.2, 0.25) is 5.02 Å². The molecule has 1 aromatic carbocycles. The zero-order chi connectivity index (χ0) is 15.8. The lowest BCUT2D eigenvalue weighted by molar-refractivity contribution is -0.116. The van der Waals surface area contributed by atoms with Crippen molar-refractivity contribution < 1.29 is 9.59 Å². The molecule has 1 aromatic heterocycles. The maximum atomic E-state index is 11.8. The molecule has 1 heterocycles. The molecule has 0 aliphatic rings. The van der Waals surface area contributed by atoms with E-state index in [1.165, 1.54) is 6.08 Å². The number of rotatable bonds is 6. The van der Waals surface area contributed by atoms with E-state index in [1.54, 1.807) is 41.7 Å². The Labute approximate surface area is 137 Å². The van der Waals surface area contributed by atoms with E-state index < -0.39 is 0 Å². The van der Waals surface area contributed by atoms with Crippen molar-refractivity contribution in [2.24, 2.45) is 0 Å². The molecule has 0 aliphatic heterocycles. The van der Waals surface area contributed by atoms with Crippen LogP contribution in [0, 0.1) is 0 Å². The Morgan fingerprint density at radius 2 is 1.82 bits per heavy atom. The largest absolute Gasteiger partial charge is 0.351 e. The number of halogens is 1. The first-order valence-electron chi connectivity index (χ1n) is 6.68. The van der Waals surface area contributed by atoms with Gasteiger partial charge in [-0.25, -0.2) is 0 Å². The second-order valence-electron chi connectivity index (χ2n) is 4.40. The predicted octanol–water partition coefficient (Wildman–Crippen LogP) is 2.96. The highest BCUT2D eigenvalue weighted by Gasteiger charge is 2.04. The van der Waals surface area contributed by atoms with Crippen molar-refractivity contribution >= 4 is 40.8 Å². The second-order valence-corrected chi connectivity index (χ2v) is 5.82. The molecule has 0 radical (unpaired) electrons. The van der Waals surface area contributed by atoms with Crippen LogP contribution in [0.25, 0.3) is 6.08 Å². The molecule has 0 atom stereocenters. The van der Waals surface area contributed by atoms with E-state index in [1.807, 2.05) is 17.5 Å². The number of nitrogens with one attached hydrogen (secondary N) is 2. The normalized spacial score (nSPS) is 10.6. The third-order valence-corrected chi connectivity index (χ3v) is 3.85. The molecule has 0 spiro atoms. The van der Waals surface area contributed by atoms with E-state index in [9.17, 15) is 9.59 Å². The van der Waals surface area contributed by atoms with Gasteiger partial charge < -0.3 is 10.6 Å². The summed E-state index contributed by atoms with van der Waals surface area (Å²) in [6.07, 6.45) is 3.24. The molecule has 0 saturated carbocycles. The summed E-state index contributed by atoms with van der Waals surface area (Å²) in [5, 5.41) is 7.96. The van der Waals surface area contributed by atoms with E-state index in [-0.39, 0.29) is 11.8 Å². The number of benzene rings is 1. The van der Waals surface area contributed by atoms with Crippen molar-refractivity contribution in [3.8, 4) is 0 Å². The number of carbonyl (C=O) groups is 2. The first kappa shape index (κ1) is 16.3. The Bertz CT molecular complexity index is 651. The molecular formula is C16H15ClN2O2S. The van der Waals surface area contributed by atoms with Crippen LogP contribution < -0.4 is 10.6 Å². The standard InChI is InChI=1S/C16H15ClN2O2S/c17-13-5-3-12(4-6-13)16(21)19-10-9-18-15(20)8-7-14-2-1-11-22-14/h1-8,11H,9-10H2,(H,18,20)(H,19,21)/b8-7+. The van der Waals surface area contributed by atoms with Crippen LogP contribution in [0.4, 0.5) is 0 Å². The summed E-state index contributed by atoms with van der Waals surface area (Å²) in [6.45, 7) is 0.729. The fourth-order valence-corrected chi connectivity index (χ4v) is 2.41. The van der Waals surface area contributed by atoms with E-state index in [0.717, 1.165) is 4.88 Å². The lowest BCUT2D eigenvalue weighted by Crippen LogP contribution is -2.33. The highest BCUT2D eigenvalue weighted by atomic mass is 35.5. The van der Waals surface area contributed by atoms with Crippen LogP contribution in [0.5, 0.6) is 0 Å². The third-order valence-electron chi connectivity index (χ3n) is 2.76. The smallest absolute Gasteiger partial charge is 0.251 e. The van der Waals surface area contributed by atoms with Gasteiger partial charge in [0.25, 0.3) is 5.91 Å². The molecule has 2 amide bonds. The molecule has 0 fully saturated rings. The molecule has 6 heteroatoms. The van der Waals surface area contributed by atoms with Gasteiger partial charge in [0.1, 0.15) is 0 Å². The van der Waals surface area contributed by atoms with Gasteiger partial charge >= 0.3 is 0 Å². The summed E-state index contributed by atoms with van der Waals surface area (Å²) >= 11 is 7.32. The first-order valence-corrected chi connectivity index (χ1v) is 7.94. The van der Waals surface area contributed by atoms with Gasteiger partial charge in [-0.2, -0.15) is 0 Å². The van der Waals surface area contributed by atoms with Gasteiger partial charge in [0.05, 0.1) is 0 Å². The Kier molecular flexibility index (Phi) is 6.18. The van der Waals surface area contributed by atoms with Crippen LogP contribution in [-0.4, -0.2) is 24.9 Å². The highest BCUT2D eigenvalue weighted by molar-refractivity contribution is 7.10. The Morgan fingerprint density at radius 3 is 2.50 bits per heavy atom. The van der Waals surface area contributed by atoms with Crippen molar-refractivity contribution in [3.05, 3.63) is 63.3 Å². The molecule has 0 aliphatic carbocycles. The molecular weight excluding hydrogens is 320 g/mol. The SMILES string of the molecule is O=C(/C=C/c1cccs1)NCCNC(=O)c1ccc(Cl)cc1. The van der Waals surface area contributed by atoms with Gasteiger partial charge in [0.15, 0.2) is 0 Å². The average molecular weight is 335 g/mol. The van der Waals surface area contributed by atoms with Gasteiger partial charge in [-0.1, -0.05) is 17.7 Å². The zero-order valence-electron chi connectivity index (χ0n) is 11.7. The number of hydrogen-bond acceptors (Lipinski definition) is 3.